The fraction of sp³-hybridized carbons (Fsp3) is 0. The van der Waals surface area contributed by atoms with Crippen LogP contribution in [0.15, 0.2) is 72.9 Å². The van der Waals surface area contributed by atoms with E-state index in [9.17, 15) is 4.57 Å². The maximum atomic E-state index is 14.0. The summed E-state index contributed by atoms with van der Waals surface area (Å²) >= 11 is 12.2. The second-order valence-electron chi connectivity index (χ2n) is 4.74. The standard InChI is InChI=1S/C17H12Cl2NOP/c18-15-11-17(19)20-12-16(15)22(21,13-7-3-1-4-8-13)14-9-5-2-6-10-14/h1-12H. The van der Waals surface area contributed by atoms with Gasteiger partial charge in [0, 0.05) is 16.8 Å². The Morgan fingerprint density at radius 3 is 1.77 bits per heavy atom. The quantitative estimate of drug-likeness (QED) is 0.529. The number of nitrogens with zero attached hydrogens (tertiary/aromatic N) is 1. The van der Waals surface area contributed by atoms with Gasteiger partial charge < -0.3 is 4.57 Å². The molecule has 110 valence electrons. The van der Waals surface area contributed by atoms with Crippen molar-refractivity contribution in [3.63, 3.8) is 0 Å². The van der Waals surface area contributed by atoms with Crippen molar-refractivity contribution in [3.05, 3.63) is 83.1 Å². The monoisotopic (exact) mass is 347 g/mol. The smallest absolute Gasteiger partial charge is 0.174 e. The van der Waals surface area contributed by atoms with Crippen molar-refractivity contribution < 1.29 is 4.57 Å². The SMILES string of the molecule is O=P(c1ccccc1)(c1ccccc1)c1cnc(Cl)cc1Cl. The number of pyridine rings is 1. The van der Waals surface area contributed by atoms with Crippen molar-refractivity contribution in [2.45, 2.75) is 0 Å². The molecule has 0 spiro atoms. The third-order valence-electron chi connectivity index (χ3n) is 3.38. The lowest BCUT2D eigenvalue weighted by atomic mass is 10.4. The van der Waals surface area contributed by atoms with Gasteiger partial charge in [0.2, 0.25) is 0 Å². The summed E-state index contributed by atoms with van der Waals surface area (Å²) in [6.07, 6.45) is 1.51. The topological polar surface area (TPSA) is 30.0 Å². The predicted octanol–water partition coefficient (Wildman–Crippen LogP) is 4.03. The molecule has 3 rings (SSSR count). The Balaban J connectivity index is 2.31. The van der Waals surface area contributed by atoms with E-state index in [1.165, 1.54) is 12.3 Å². The van der Waals surface area contributed by atoms with Crippen LogP contribution < -0.4 is 15.9 Å². The van der Waals surface area contributed by atoms with Crippen LogP contribution in [0.4, 0.5) is 0 Å². The predicted molar refractivity (Wildman–Crippen MR) is 93.6 cm³/mol. The summed E-state index contributed by atoms with van der Waals surface area (Å²) in [5.41, 5.74) is 0. The lowest BCUT2D eigenvalue weighted by molar-refractivity contribution is 0.592. The zero-order chi connectivity index (χ0) is 15.6. The van der Waals surface area contributed by atoms with E-state index in [0.29, 0.717) is 20.9 Å². The van der Waals surface area contributed by atoms with E-state index < -0.39 is 7.14 Å². The highest BCUT2D eigenvalue weighted by Gasteiger charge is 2.32. The lowest BCUT2D eigenvalue weighted by Gasteiger charge is -2.20. The minimum Gasteiger partial charge on any atom is -0.309 e. The fourth-order valence-corrected chi connectivity index (χ4v) is 5.68. The summed E-state index contributed by atoms with van der Waals surface area (Å²) in [5.74, 6) is 0. The van der Waals surface area contributed by atoms with Crippen LogP contribution in [0.3, 0.4) is 0 Å². The van der Waals surface area contributed by atoms with Crippen molar-refractivity contribution in [1.82, 2.24) is 4.98 Å². The van der Waals surface area contributed by atoms with Crippen LogP contribution in [0.2, 0.25) is 10.2 Å². The highest BCUT2D eigenvalue weighted by atomic mass is 35.5. The average Bonchev–Trinajstić information content (AvgIpc) is 2.56. The van der Waals surface area contributed by atoms with Gasteiger partial charge in [-0.1, -0.05) is 83.9 Å². The minimum atomic E-state index is -3.09. The summed E-state index contributed by atoms with van der Waals surface area (Å²) in [6.45, 7) is 0. The molecule has 2 nitrogen and oxygen atoms in total. The molecule has 3 aromatic rings. The molecule has 22 heavy (non-hydrogen) atoms. The van der Waals surface area contributed by atoms with Gasteiger partial charge in [0.1, 0.15) is 5.15 Å². The Morgan fingerprint density at radius 1 is 0.818 bits per heavy atom. The number of rotatable bonds is 3. The number of benzene rings is 2. The number of aromatic nitrogens is 1. The number of hydrogen-bond acceptors (Lipinski definition) is 2. The number of halogens is 2. The Labute approximate surface area is 139 Å². The first-order valence-corrected chi connectivity index (χ1v) is 9.11. The van der Waals surface area contributed by atoms with Crippen LogP contribution in [0.5, 0.6) is 0 Å². The normalized spacial score (nSPS) is 11.4. The number of hydrogen-bond donors (Lipinski definition) is 0. The Hall–Kier alpha value is -1.60. The van der Waals surface area contributed by atoms with Gasteiger partial charge in [0.15, 0.2) is 7.14 Å². The van der Waals surface area contributed by atoms with Crippen LogP contribution >= 0.6 is 30.3 Å². The summed E-state index contributed by atoms with van der Waals surface area (Å²) in [4.78, 5) is 4.07. The van der Waals surface area contributed by atoms with E-state index >= 15 is 0 Å². The summed E-state index contributed by atoms with van der Waals surface area (Å²) in [6, 6.07) is 20.1. The molecule has 0 aliphatic carbocycles. The van der Waals surface area contributed by atoms with Gasteiger partial charge in [-0.25, -0.2) is 4.98 Å². The summed E-state index contributed by atoms with van der Waals surface area (Å²) < 4.78 is 14.0. The molecule has 0 saturated carbocycles. The largest absolute Gasteiger partial charge is 0.309 e. The van der Waals surface area contributed by atoms with Gasteiger partial charge in [-0.3, -0.25) is 0 Å². The maximum absolute atomic E-state index is 14.0. The Kier molecular flexibility index (Phi) is 4.35. The van der Waals surface area contributed by atoms with Gasteiger partial charge in [0.25, 0.3) is 0 Å². The maximum Gasteiger partial charge on any atom is 0.174 e. The molecule has 5 heteroatoms. The highest BCUT2D eigenvalue weighted by Crippen LogP contribution is 2.44. The molecule has 0 fully saturated rings. The molecular weight excluding hydrogens is 336 g/mol. The van der Waals surface area contributed by atoms with Crippen molar-refractivity contribution in [2.75, 3.05) is 0 Å². The molecule has 0 aliphatic rings. The first-order valence-electron chi connectivity index (χ1n) is 6.65. The molecule has 0 aliphatic heterocycles. The molecule has 0 unspecified atom stereocenters. The third kappa shape index (κ3) is 2.70. The first-order chi connectivity index (χ1) is 10.6. The molecule has 0 radical (unpaired) electrons. The van der Waals surface area contributed by atoms with Crippen LogP contribution in [-0.2, 0) is 4.57 Å². The molecule has 1 aromatic heterocycles. The molecule has 0 bridgehead atoms. The van der Waals surface area contributed by atoms with Crippen LogP contribution in [0, 0.1) is 0 Å². The average molecular weight is 348 g/mol. The minimum absolute atomic E-state index is 0.279. The second-order valence-corrected chi connectivity index (χ2v) is 8.27. The summed E-state index contributed by atoms with van der Waals surface area (Å²) in [5, 5.41) is 2.56. The van der Waals surface area contributed by atoms with Gasteiger partial charge in [-0.05, 0) is 6.07 Å². The van der Waals surface area contributed by atoms with Crippen molar-refractivity contribution in [3.8, 4) is 0 Å². The molecule has 1 heterocycles. The van der Waals surface area contributed by atoms with E-state index in [-0.39, 0.29) is 5.15 Å². The first kappa shape index (κ1) is 15.3. The van der Waals surface area contributed by atoms with Gasteiger partial charge >= 0.3 is 0 Å². The van der Waals surface area contributed by atoms with Crippen molar-refractivity contribution >= 4 is 46.3 Å². The van der Waals surface area contributed by atoms with Crippen molar-refractivity contribution in [2.24, 2.45) is 0 Å². The van der Waals surface area contributed by atoms with Crippen LogP contribution in [-0.4, -0.2) is 4.98 Å². The molecule has 0 atom stereocenters. The zero-order valence-electron chi connectivity index (χ0n) is 11.5. The Bertz CT molecular complexity index is 794. The van der Waals surface area contributed by atoms with E-state index in [0.717, 1.165) is 0 Å². The fourth-order valence-electron chi connectivity index (χ4n) is 2.34. The van der Waals surface area contributed by atoms with Crippen LogP contribution in [0.25, 0.3) is 0 Å². The molecule has 0 amide bonds. The Morgan fingerprint density at radius 2 is 1.32 bits per heavy atom. The zero-order valence-corrected chi connectivity index (χ0v) is 13.9. The second kappa shape index (κ2) is 6.26. The van der Waals surface area contributed by atoms with Gasteiger partial charge in [0.05, 0.1) is 10.3 Å². The van der Waals surface area contributed by atoms with E-state index in [4.69, 9.17) is 23.2 Å². The van der Waals surface area contributed by atoms with Gasteiger partial charge in [-0.15, -0.1) is 0 Å². The van der Waals surface area contributed by atoms with E-state index in [2.05, 4.69) is 4.98 Å². The van der Waals surface area contributed by atoms with Gasteiger partial charge in [-0.2, -0.15) is 0 Å². The molecular formula is C17H12Cl2NOP. The van der Waals surface area contributed by atoms with Crippen LogP contribution in [0.1, 0.15) is 0 Å². The molecule has 2 aromatic carbocycles. The lowest BCUT2D eigenvalue weighted by Crippen LogP contribution is -2.26. The third-order valence-corrected chi connectivity index (χ3v) is 7.12. The summed E-state index contributed by atoms with van der Waals surface area (Å²) in [7, 11) is -3.09. The van der Waals surface area contributed by atoms with E-state index in [1.807, 2.05) is 60.7 Å². The molecule has 0 N–H and O–H groups in total. The molecule has 0 saturated heterocycles. The highest BCUT2D eigenvalue weighted by molar-refractivity contribution is 7.85. The van der Waals surface area contributed by atoms with Crippen molar-refractivity contribution in [1.29, 1.82) is 0 Å². The van der Waals surface area contributed by atoms with E-state index in [1.54, 1.807) is 0 Å².